The maximum Gasteiger partial charge on any atom is 0.267 e. The summed E-state index contributed by atoms with van der Waals surface area (Å²) in [5.41, 5.74) is 0. The SMILES string of the molecule is Cn1ccnc1S(=O)(=O)C1CCN(C(=O)C2COc3ccccc3O2)CC1. The number of nitrogens with zero attached hydrogens (tertiary/aromatic N) is 3. The summed E-state index contributed by atoms with van der Waals surface area (Å²) in [5.74, 6) is 1.01. The van der Waals surface area contributed by atoms with Crippen LogP contribution < -0.4 is 9.47 Å². The molecule has 0 N–H and O–H groups in total. The molecule has 1 amide bonds. The van der Waals surface area contributed by atoms with E-state index in [0.29, 0.717) is 37.4 Å². The number of sulfone groups is 1. The molecule has 9 heteroatoms. The van der Waals surface area contributed by atoms with Crippen LogP contribution >= 0.6 is 0 Å². The van der Waals surface area contributed by atoms with Gasteiger partial charge >= 0.3 is 0 Å². The highest BCUT2D eigenvalue weighted by atomic mass is 32.2. The number of rotatable bonds is 3. The third-order valence-electron chi connectivity index (χ3n) is 5.01. The molecule has 0 bridgehead atoms. The number of hydrogen-bond donors (Lipinski definition) is 0. The standard InChI is InChI=1S/C18H21N3O5S/c1-20-11-8-19-18(20)27(23,24)13-6-9-21(10-7-13)17(22)16-12-25-14-4-2-3-5-15(14)26-16/h2-5,8,11,13,16H,6-7,9-10,12H2,1H3. The average molecular weight is 391 g/mol. The van der Waals surface area contributed by atoms with Gasteiger partial charge in [0.15, 0.2) is 11.5 Å². The molecule has 0 aliphatic carbocycles. The summed E-state index contributed by atoms with van der Waals surface area (Å²) in [4.78, 5) is 18.4. The van der Waals surface area contributed by atoms with Gasteiger partial charge in [0.1, 0.15) is 6.61 Å². The molecule has 1 unspecified atom stereocenters. The van der Waals surface area contributed by atoms with Crippen molar-refractivity contribution in [3.63, 3.8) is 0 Å². The largest absolute Gasteiger partial charge is 0.485 e. The first-order valence-electron chi connectivity index (χ1n) is 8.85. The molecule has 144 valence electrons. The number of para-hydroxylation sites is 2. The van der Waals surface area contributed by atoms with Crippen LogP contribution in [0.3, 0.4) is 0 Å². The fourth-order valence-electron chi connectivity index (χ4n) is 3.51. The second kappa shape index (κ2) is 6.88. The summed E-state index contributed by atoms with van der Waals surface area (Å²) in [5, 5.41) is -0.459. The summed E-state index contributed by atoms with van der Waals surface area (Å²) < 4.78 is 38.4. The van der Waals surface area contributed by atoms with Crippen LogP contribution in [0.2, 0.25) is 0 Å². The van der Waals surface area contributed by atoms with Crippen molar-refractivity contribution in [2.45, 2.75) is 29.4 Å². The van der Waals surface area contributed by atoms with Crippen LogP contribution in [0.25, 0.3) is 0 Å². The van der Waals surface area contributed by atoms with E-state index in [1.165, 1.54) is 10.8 Å². The van der Waals surface area contributed by atoms with Crippen LogP contribution in [0, 0.1) is 0 Å². The maximum absolute atomic E-state index is 12.8. The second-order valence-electron chi connectivity index (χ2n) is 6.75. The Bertz CT molecular complexity index is 947. The predicted molar refractivity (Wildman–Crippen MR) is 96.3 cm³/mol. The fraction of sp³-hybridized carbons (Fsp3) is 0.444. The van der Waals surface area contributed by atoms with Gasteiger partial charge in [-0.15, -0.1) is 0 Å². The van der Waals surface area contributed by atoms with E-state index in [9.17, 15) is 13.2 Å². The lowest BCUT2D eigenvalue weighted by Gasteiger charge is -2.35. The molecule has 2 aromatic rings. The first-order valence-corrected chi connectivity index (χ1v) is 10.4. The lowest BCUT2D eigenvalue weighted by atomic mass is 10.1. The Morgan fingerprint density at radius 1 is 1.19 bits per heavy atom. The quantitative estimate of drug-likeness (QED) is 0.776. The number of piperidine rings is 1. The van der Waals surface area contributed by atoms with Gasteiger partial charge in [0.05, 0.1) is 5.25 Å². The van der Waals surface area contributed by atoms with E-state index < -0.39 is 21.2 Å². The lowest BCUT2D eigenvalue weighted by Crippen LogP contribution is -2.50. The number of aromatic nitrogens is 2. The minimum Gasteiger partial charge on any atom is -0.485 e. The Morgan fingerprint density at radius 2 is 1.89 bits per heavy atom. The molecule has 3 heterocycles. The van der Waals surface area contributed by atoms with Gasteiger partial charge in [0.25, 0.3) is 5.91 Å². The molecule has 1 aromatic heterocycles. The summed E-state index contributed by atoms with van der Waals surface area (Å²) >= 11 is 0. The van der Waals surface area contributed by atoms with Crippen LogP contribution in [0.5, 0.6) is 11.5 Å². The second-order valence-corrected chi connectivity index (χ2v) is 8.88. The zero-order chi connectivity index (χ0) is 19.0. The van der Waals surface area contributed by atoms with E-state index in [-0.39, 0.29) is 17.7 Å². The van der Waals surface area contributed by atoms with Gasteiger partial charge in [-0.05, 0) is 25.0 Å². The highest BCUT2D eigenvalue weighted by Crippen LogP contribution is 2.32. The van der Waals surface area contributed by atoms with Crippen LogP contribution in [0.15, 0.2) is 41.8 Å². The number of aryl methyl sites for hydroxylation is 1. The minimum atomic E-state index is -3.51. The van der Waals surface area contributed by atoms with E-state index in [1.807, 2.05) is 12.1 Å². The van der Waals surface area contributed by atoms with E-state index in [1.54, 1.807) is 30.3 Å². The molecule has 0 radical (unpaired) electrons. The summed E-state index contributed by atoms with van der Waals surface area (Å²) in [6, 6.07) is 7.23. The third kappa shape index (κ3) is 3.27. The van der Waals surface area contributed by atoms with E-state index in [2.05, 4.69) is 4.98 Å². The van der Waals surface area contributed by atoms with Crippen molar-refractivity contribution in [1.82, 2.24) is 14.5 Å². The normalized spacial score (nSPS) is 20.5. The van der Waals surface area contributed by atoms with Gasteiger partial charge in [-0.2, -0.15) is 0 Å². The lowest BCUT2D eigenvalue weighted by molar-refractivity contribution is -0.142. The highest BCUT2D eigenvalue weighted by Gasteiger charge is 2.38. The van der Waals surface area contributed by atoms with Gasteiger partial charge in [-0.25, -0.2) is 13.4 Å². The number of amides is 1. The van der Waals surface area contributed by atoms with Crippen molar-refractivity contribution in [3.05, 3.63) is 36.7 Å². The number of hydrogen-bond acceptors (Lipinski definition) is 6. The maximum atomic E-state index is 12.8. The minimum absolute atomic E-state index is 0.0768. The molecule has 27 heavy (non-hydrogen) atoms. The zero-order valence-corrected chi connectivity index (χ0v) is 15.8. The molecular formula is C18H21N3O5S. The van der Waals surface area contributed by atoms with E-state index >= 15 is 0 Å². The zero-order valence-electron chi connectivity index (χ0n) is 14.9. The van der Waals surface area contributed by atoms with Gasteiger partial charge in [0, 0.05) is 32.5 Å². The number of carbonyl (C=O) groups excluding carboxylic acids is 1. The van der Waals surface area contributed by atoms with E-state index in [4.69, 9.17) is 9.47 Å². The van der Waals surface area contributed by atoms with Crippen LogP contribution in [-0.2, 0) is 21.7 Å². The molecule has 1 atom stereocenters. The van der Waals surface area contributed by atoms with Crippen molar-refractivity contribution in [2.24, 2.45) is 7.05 Å². The average Bonchev–Trinajstić information content (AvgIpc) is 3.14. The Morgan fingerprint density at radius 3 is 2.56 bits per heavy atom. The molecular weight excluding hydrogens is 370 g/mol. The first-order chi connectivity index (χ1) is 13.0. The summed E-state index contributed by atoms with van der Waals surface area (Å²) in [6.45, 7) is 0.894. The Balaban J connectivity index is 1.40. The Labute approximate surface area is 157 Å². The van der Waals surface area contributed by atoms with Crippen molar-refractivity contribution in [2.75, 3.05) is 19.7 Å². The molecule has 1 aromatic carbocycles. The molecule has 0 saturated carbocycles. The number of benzene rings is 1. The number of likely N-dealkylation sites (tertiary alicyclic amines) is 1. The van der Waals surface area contributed by atoms with Crippen molar-refractivity contribution in [1.29, 1.82) is 0 Å². The van der Waals surface area contributed by atoms with Gasteiger partial charge < -0.3 is 18.9 Å². The van der Waals surface area contributed by atoms with Gasteiger partial charge in [-0.1, -0.05) is 12.1 Å². The van der Waals surface area contributed by atoms with Gasteiger partial charge in [0.2, 0.25) is 21.1 Å². The molecule has 4 rings (SSSR count). The molecule has 0 spiro atoms. The molecule has 2 aliphatic rings. The fourth-order valence-corrected chi connectivity index (χ4v) is 5.31. The topological polar surface area (TPSA) is 90.7 Å². The highest BCUT2D eigenvalue weighted by molar-refractivity contribution is 7.91. The van der Waals surface area contributed by atoms with Crippen molar-refractivity contribution in [3.8, 4) is 11.5 Å². The molecule has 2 aliphatic heterocycles. The summed E-state index contributed by atoms with van der Waals surface area (Å²) in [7, 11) is -1.84. The number of ether oxygens (including phenoxy) is 2. The smallest absolute Gasteiger partial charge is 0.267 e. The van der Waals surface area contributed by atoms with Crippen molar-refractivity contribution < 1.29 is 22.7 Å². The van der Waals surface area contributed by atoms with Crippen LogP contribution in [0.1, 0.15) is 12.8 Å². The Hall–Kier alpha value is -2.55. The molecule has 1 fully saturated rings. The monoisotopic (exact) mass is 391 g/mol. The molecule has 8 nitrogen and oxygen atoms in total. The first kappa shape index (κ1) is 17.8. The Kier molecular flexibility index (Phi) is 4.55. The number of carbonyl (C=O) groups is 1. The van der Waals surface area contributed by atoms with Crippen LogP contribution in [-0.4, -0.2) is 59.8 Å². The predicted octanol–water partition coefficient (Wildman–Crippen LogP) is 1.02. The number of imidazole rings is 1. The third-order valence-corrected chi connectivity index (χ3v) is 7.26. The van der Waals surface area contributed by atoms with Crippen molar-refractivity contribution >= 4 is 15.7 Å². The van der Waals surface area contributed by atoms with E-state index in [0.717, 1.165) is 0 Å². The number of fused-ring (bicyclic) bond motifs is 1. The summed E-state index contributed by atoms with van der Waals surface area (Å²) in [6.07, 6.45) is 3.15. The molecule has 1 saturated heterocycles. The van der Waals surface area contributed by atoms with Gasteiger partial charge in [-0.3, -0.25) is 4.79 Å². The van der Waals surface area contributed by atoms with Crippen LogP contribution in [0.4, 0.5) is 0 Å².